The van der Waals surface area contributed by atoms with Crippen molar-refractivity contribution in [1.29, 1.82) is 0 Å². The maximum Gasteiger partial charge on any atom is 0.123 e. The van der Waals surface area contributed by atoms with Gasteiger partial charge in [0.15, 0.2) is 0 Å². The molecule has 0 bridgehead atoms. The Balaban J connectivity index is 1.36. The smallest absolute Gasteiger partial charge is 0.123 e. The van der Waals surface area contributed by atoms with Gasteiger partial charge >= 0.3 is 0 Å². The first-order valence-electron chi connectivity index (χ1n) is 9.68. The maximum atomic E-state index is 6.38. The Hall–Kier alpha value is -2.53. The molecule has 1 aromatic heterocycles. The molecule has 2 aromatic carbocycles. The molecule has 0 aliphatic heterocycles. The summed E-state index contributed by atoms with van der Waals surface area (Å²) in [5.74, 6) is 1.88. The van der Waals surface area contributed by atoms with E-state index in [1.165, 1.54) is 18.4 Å². The summed E-state index contributed by atoms with van der Waals surface area (Å²) in [7, 11) is 1.71. The highest BCUT2D eigenvalue weighted by Crippen LogP contribution is 2.30. The molecule has 4 rings (SSSR count). The molecule has 1 heterocycles. The Morgan fingerprint density at radius 2 is 2.15 bits per heavy atom. The topological polar surface area (TPSA) is 59.2 Å². The molecule has 0 spiro atoms. The first kappa shape index (κ1) is 17.9. The van der Waals surface area contributed by atoms with Crippen LogP contribution in [0.3, 0.4) is 0 Å². The Labute approximate surface area is 160 Å². The van der Waals surface area contributed by atoms with Crippen molar-refractivity contribution in [1.82, 2.24) is 15.5 Å². The number of fused-ring (bicyclic) bond motifs is 1. The van der Waals surface area contributed by atoms with Crippen LogP contribution in [-0.2, 0) is 6.54 Å². The summed E-state index contributed by atoms with van der Waals surface area (Å²) in [6, 6.07) is 12.8. The minimum Gasteiger partial charge on any atom is -0.497 e. The minimum absolute atomic E-state index is 0.254. The zero-order valence-corrected chi connectivity index (χ0v) is 16.0. The lowest BCUT2D eigenvalue weighted by Gasteiger charge is -2.31. The van der Waals surface area contributed by atoms with Crippen LogP contribution >= 0.6 is 0 Å². The van der Waals surface area contributed by atoms with E-state index in [9.17, 15) is 0 Å². The van der Waals surface area contributed by atoms with Crippen molar-refractivity contribution in [2.45, 2.75) is 51.3 Å². The molecule has 142 valence electrons. The molecule has 0 radical (unpaired) electrons. The number of nitrogens with zero attached hydrogens (tertiary/aromatic N) is 1. The molecule has 5 nitrogen and oxygen atoms in total. The predicted molar refractivity (Wildman–Crippen MR) is 107 cm³/mol. The van der Waals surface area contributed by atoms with Gasteiger partial charge in [0.1, 0.15) is 17.6 Å². The average Bonchev–Trinajstić information content (AvgIpc) is 3.19. The fourth-order valence-corrected chi connectivity index (χ4v) is 3.93. The molecule has 3 aromatic rings. The molecular formula is C22H27N3O2. The Bertz CT molecular complexity index is 905. The summed E-state index contributed by atoms with van der Waals surface area (Å²) >= 11 is 0. The monoisotopic (exact) mass is 365 g/mol. The van der Waals surface area contributed by atoms with Gasteiger partial charge in [-0.2, -0.15) is 5.10 Å². The van der Waals surface area contributed by atoms with Gasteiger partial charge in [-0.15, -0.1) is 0 Å². The van der Waals surface area contributed by atoms with Gasteiger partial charge in [0.2, 0.25) is 0 Å². The highest BCUT2D eigenvalue weighted by Gasteiger charge is 2.23. The molecule has 0 unspecified atom stereocenters. The maximum absolute atomic E-state index is 6.38. The van der Waals surface area contributed by atoms with Crippen molar-refractivity contribution < 1.29 is 9.47 Å². The lowest BCUT2D eigenvalue weighted by Crippen LogP contribution is -2.37. The van der Waals surface area contributed by atoms with Crippen molar-refractivity contribution in [3.8, 4) is 11.5 Å². The zero-order chi connectivity index (χ0) is 18.6. The Morgan fingerprint density at radius 1 is 1.22 bits per heavy atom. The predicted octanol–water partition coefficient (Wildman–Crippen LogP) is 4.36. The molecular weight excluding hydrogens is 338 g/mol. The number of nitrogens with one attached hydrogen (secondary N) is 2. The standard InChI is InChI=1S/C22H27N3O2/c1-15-20-14-24-25-21(20)9-10-22(15)27-19-8-4-6-17(12-19)23-13-16-5-3-7-18(11-16)26-2/h3,5,7,9-11,14,17,19,23H,4,6,8,12-13H2,1-2H3,(H,24,25)/t17-,19+/m0/s1. The number of rotatable bonds is 6. The Kier molecular flexibility index (Phi) is 5.30. The second-order valence-corrected chi connectivity index (χ2v) is 7.36. The summed E-state index contributed by atoms with van der Waals surface area (Å²) in [5, 5.41) is 12.0. The van der Waals surface area contributed by atoms with E-state index in [0.29, 0.717) is 6.04 Å². The van der Waals surface area contributed by atoms with E-state index in [-0.39, 0.29) is 6.10 Å². The van der Waals surface area contributed by atoms with E-state index < -0.39 is 0 Å². The highest BCUT2D eigenvalue weighted by atomic mass is 16.5. The first-order valence-corrected chi connectivity index (χ1v) is 9.68. The van der Waals surface area contributed by atoms with Gasteiger partial charge in [-0.1, -0.05) is 12.1 Å². The SMILES string of the molecule is COc1cccc(CN[C@H]2CCC[C@@H](Oc3ccc4[nH]ncc4c3C)C2)c1. The van der Waals surface area contributed by atoms with Crippen LogP contribution in [-0.4, -0.2) is 29.5 Å². The van der Waals surface area contributed by atoms with E-state index in [2.05, 4.69) is 40.6 Å². The van der Waals surface area contributed by atoms with Gasteiger partial charge < -0.3 is 14.8 Å². The largest absolute Gasteiger partial charge is 0.497 e. The number of H-pyrrole nitrogens is 1. The summed E-state index contributed by atoms with van der Waals surface area (Å²) in [6.45, 7) is 2.96. The lowest BCUT2D eigenvalue weighted by atomic mass is 9.92. The van der Waals surface area contributed by atoms with Gasteiger partial charge in [-0.25, -0.2) is 0 Å². The van der Waals surface area contributed by atoms with Crippen LogP contribution in [0.1, 0.15) is 36.8 Å². The molecule has 1 aliphatic carbocycles. The van der Waals surface area contributed by atoms with Crippen LogP contribution in [0, 0.1) is 6.92 Å². The highest BCUT2D eigenvalue weighted by molar-refractivity contribution is 5.83. The third kappa shape index (κ3) is 4.08. The molecule has 2 N–H and O–H groups in total. The van der Waals surface area contributed by atoms with Crippen LogP contribution in [0.4, 0.5) is 0 Å². The molecule has 5 heteroatoms. The van der Waals surface area contributed by atoms with Gasteiger partial charge in [-0.3, -0.25) is 5.10 Å². The van der Waals surface area contributed by atoms with Gasteiger partial charge in [0, 0.05) is 23.5 Å². The van der Waals surface area contributed by atoms with Crippen LogP contribution in [0.2, 0.25) is 0 Å². The summed E-state index contributed by atoms with van der Waals surface area (Å²) in [4.78, 5) is 0. The van der Waals surface area contributed by atoms with Gasteiger partial charge in [0.05, 0.1) is 18.8 Å². The summed E-state index contributed by atoms with van der Waals surface area (Å²) < 4.78 is 11.7. The van der Waals surface area contributed by atoms with E-state index >= 15 is 0 Å². The molecule has 2 atom stereocenters. The van der Waals surface area contributed by atoms with Crippen molar-refractivity contribution in [3.05, 3.63) is 53.7 Å². The van der Waals surface area contributed by atoms with Crippen LogP contribution in [0.5, 0.6) is 11.5 Å². The third-order valence-electron chi connectivity index (χ3n) is 5.49. The van der Waals surface area contributed by atoms with Gasteiger partial charge in [-0.05, 0) is 62.4 Å². The summed E-state index contributed by atoms with van der Waals surface area (Å²) in [5.41, 5.74) is 3.47. The van der Waals surface area contributed by atoms with Crippen molar-refractivity contribution in [2.75, 3.05) is 7.11 Å². The molecule has 0 saturated heterocycles. The van der Waals surface area contributed by atoms with Crippen LogP contribution in [0.25, 0.3) is 10.9 Å². The Morgan fingerprint density at radius 3 is 3.04 bits per heavy atom. The number of benzene rings is 2. The van der Waals surface area contributed by atoms with E-state index in [1.807, 2.05) is 24.4 Å². The van der Waals surface area contributed by atoms with E-state index in [0.717, 1.165) is 47.4 Å². The third-order valence-corrected chi connectivity index (χ3v) is 5.49. The zero-order valence-electron chi connectivity index (χ0n) is 16.0. The number of aromatic amines is 1. The fraction of sp³-hybridized carbons (Fsp3) is 0.409. The fourth-order valence-electron chi connectivity index (χ4n) is 3.93. The number of ether oxygens (including phenoxy) is 2. The van der Waals surface area contributed by atoms with Crippen molar-refractivity contribution in [2.24, 2.45) is 0 Å². The van der Waals surface area contributed by atoms with E-state index in [1.54, 1.807) is 7.11 Å². The number of methoxy groups -OCH3 is 1. The molecule has 27 heavy (non-hydrogen) atoms. The number of hydrogen-bond donors (Lipinski definition) is 2. The second kappa shape index (κ2) is 8.01. The number of aromatic nitrogens is 2. The quantitative estimate of drug-likeness (QED) is 0.681. The number of aryl methyl sites for hydroxylation is 1. The second-order valence-electron chi connectivity index (χ2n) is 7.36. The molecule has 1 saturated carbocycles. The van der Waals surface area contributed by atoms with Gasteiger partial charge in [0.25, 0.3) is 0 Å². The normalized spacial score (nSPS) is 19.9. The molecule has 0 amide bonds. The van der Waals surface area contributed by atoms with E-state index in [4.69, 9.17) is 9.47 Å². The first-order chi connectivity index (χ1) is 13.2. The lowest BCUT2D eigenvalue weighted by molar-refractivity contribution is 0.133. The average molecular weight is 365 g/mol. The van der Waals surface area contributed by atoms with Crippen molar-refractivity contribution in [3.63, 3.8) is 0 Å². The number of hydrogen-bond acceptors (Lipinski definition) is 4. The molecule has 1 fully saturated rings. The minimum atomic E-state index is 0.254. The van der Waals surface area contributed by atoms with Crippen molar-refractivity contribution >= 4 is 10.9 Å². The molecule has 1 aliphatic rings. The van der Waals surface area contributed by atoms with Crippen LogP contribution < -0.4 is 14.8 Å². The van der Waals surface area contributed by atoms with Crippen LogP contribution in [0.15, 0.2) is 42.6 Å². The summed E-state index contributed by atoms with van der Waals surface area (Å²) in [6.07, 6.45) is 6.66.